The van der Waals surface area contributed by atoms with Crippen molar-refractivity contribution in [3.8, 4) is 0 Å². The minimum Gasteiger partial charge on any atom is -0.292 e. The van der Waals surface area contributed by atoms with Gasteiger partial charge in [-0.2, -0.15) is 0 Å². The van der Waals surface area contributed by atoms with E-state index in [1.165, 1.54) is 10.9 Å². The second kappa shape index (κ2) is 6.26. The Morgan fingerprint density at radius 2 is 1.80 bits per heavy atom. The van der Waals surface area contributed by atoms with Crippen LogP contribution in [-0.4, -0.2) is 15.3 Å². The maximum Gasteiger partial charge on any atom is 0.261 e. The molecule has 4 rings (SSSR count). The molecule has 122 valence electrons. The molecule has 0 aliphatic rings. The molecule has 0 saturated carbocycles. The smallest absolute Gasteiger partial charge is 0.261 e. The highest BCUT2D eigenvalue weighted by molar-refractivity contribution is 9.10. The molecule has 5 heteroatoms. The summed E-state index contributed by atoms with van der Waals surface area (Å²) in [5, 5.41) is 2.38. The van der Waals surface area contributed by atoms with E-state index < -0.39 is 0 Å². The normalized spacial score (nSPS) is 11.1. The molecule has 0 unspecified atom stereocenters. The molecule has 0 bridgehead atoms. The fourth-order valence-corrected chi connectivity index (χ4v) is 3.31. The first-order valence-electron chi connectivity index (χ1n) is 7.79. The average molecular weight is 393 g/mol. The lowest BCUT2D eigenvalue weighted by molar-refractivity contribution is 0.0972. The molecule has 0 N–H and O–H groups in total. The van der Waals surface area contributed by atoms with Crippen LogP contribution in [0.2, 0.25) is 0 Å². The van der Waals surface area contributed by atoms with Crippen LogP contribution in [0.15, 0.2) is 76.3 Å². The number of carbonyl (C=O) groups is 1. The van der Waals surface area contributed by atoms with E-state index in [4.69, 9.17) is 0 Å². The number of ketones is 1. The highest BCUT2D eigenvalue weighted by Crippen LogP contribution is 2.19. The first-order chi connectivity index (χ1) is 12.1. The zero-order chi connectivity index (χ0) is 17.4. The summed E-state index contributed by atoms with van der Waals surface area (Å²) in [7, 11) is 0. The molecule has 0 spiro atoms. The lowest BCUT2D eigenvalue weighted by atomic mass is 10.0. The Morgan fingerprint density at radius 3 is 2.68 bits per heavy atom. The van der Waals surface area contributed by atoms with Gasteiger partial charge in [-0.05, 0) is 29.0 Å². The van der Waals surface area contributed by atoms with E-state index in [0.717, 1.165) is 15.2 Å². The predicted octanol–water partition coefficient (Wildman–Crippen LogP) is 4.20. The average Bonchev–Trinajstić information content (AvgIpc) is 2.64. The molecule has 0 atom stereocenters. The maximum atomic E-state index is 12.8. The fraction of sp³-hybridized carbons (Fsp3) is 0.0500. The van der Waals surface area contributed by atoms with Crippen LogP contribution in [0.5, 0.6) is 0 Å². The lowest BCUT2D eigenvalue weighted by Crippen LogP contribution is -2.24. The molecule has 1 aromatic heterocycles. The third-order valence-electron chi connectivity index (χ3n) is 4.19. The maximum absolute atomic E-state index is 12.8. The van der Waals surface area contributed by atoms with Gasteiger partial charge in [-0.15, -0.1) is 0 Å². The minimum atomic E-state index is -0.222. The number of hydrogen-bond acceptors (Lipinski definition) is 3. The molecule has 0 aliphatic carbocycles. The summed E-state index contributed by atoms with van der Waals surface area (Å²) in [6.07, 6.45) is 1.43. The number of nitrogens with zero attached hydrogens (tertiary/aromatic N) is 2. The van der Waals surface area contributed by atoms with Crippen molar-refractivity contribution in [2.75, 3.05) is 0 Å². The van der Waals surface area contributed by atoms with E-state index in [0.29, 0.717) is 16.5 Å². The van der Waals surface area contributed by atoms with E-state index in [1.807, 2.05) is 42.5 Å². The second-order valence-electron chi connectivity index (χ2n) is 5.79. The van der Waals surface area contributed by atoms with Crippen molar-refractivity contribution < 1.29 is 4.79 Å². The van der Waals surface area contributed by atoms with Crippen molar-refractivity contribution in [2.45, 2.75) is 6.54 Å². The highest BCUT2D eigenvalue weighted by Gasteiger charge is 2.13. The van der Waals surface area contributed by atoms with Crippen LogP contribution in [-0.2, 0) is 6.54 Å². The van der Waals surface area contributed by atoms with Crippen LogP contribution in [0.25, 0.3) is 21.7 Å². The molecular formula is C20H13BrN2O2. The Bertz CT molecular complexity index is 1180. The summed E-state index contributed by atoms with van der Waals surface area (Å²) >= 11 is 3.36. The topological polar surface area (TPSA) is 52.0 Å². The number of Topliss-reactive ketones (excluding diaryl/α,β-unsaturated/α-hetero) is 1. The summed E-state index contributed by atoms with van der Waals surface area (Å²) in [6.45, 7) is -0.0394. The number of halogens is 1. The monoisotopic (exact) mass is 392 g/mol. The summed E-state index contributed by atoms with van der Waals surface area (Å²) < 4.78 is 2.16. The molecular weight excluding hydrogens is 380 g/mol. The number of benzene rings is 3. The van der Waals surface area contributed by atoms with Crippen molar-refractivity contribution >= 4 is 43.4 Å². The van der Waals surface area contributed by atoms with Crippen LogP contribution < -0.4 is 5.56 Å². The fourth-order valence-electron chi connectivity index (χ4n) is 2.95. The zero-order valence-corrected chi connectivity index (χ0v) is 14.7. The largest absolute Gasteiger partial charge is 0.292 e. The zero-order valence-electron chi connectivity index (χ0n) is 13.1. The standard InChI is InChI=1S/C20H13BrN2O2/c21-14-8-9-18-17(10-14)20(25)23(12-22-18)11-19(24)16-7-3-5-13-4-1-2-6-15(13)16/h1-10,12H,11H2. The van der Waals surface area contributed by atoms with Gasteiger partial charge in [0, 0.05) is 10.0 Å². The molecule has 3 aromatic carbocycles. The van der Waals surface area contributed by atoms with Crippen molar-refractivity contribution in [1.29, 1.82) is 0 Å². The molecule has 4 nitrogen and oxygen atoms in total. The van der Waals surface area contributed by atoms with Gasteiger partial charge in [0.25, 0.3) is 5.56 Å². The third kappa shape index (κ3) is 2.87. The number of aromatic nitrogens is 2. The van der Waals surface area contributed by atoms with Crippen LogP contribution >= 0.6 is 15.9 Å². The molecule has 0 amide bonds. The van der Waals surface area contributed by atoms with E-state index in [1.54, 1.807) is 18.2 Å². The van der Waals surface area contributed by atoms with Gasteiger partial charge in [-0.3, -0.25) is 14.2 Å². The van der Waals surface area contributed by atoms with Gasteiger partial charge in [0.2, 0.25) is 0 Å². The summed E-state index contributed by atoms with van der Waals surface area (Å²) in [5.74, 6) is -0.116. The number of fused-ring (bicyclic) bond motifs is 2. The molecule has 4 aromatic rings. The SMILES string of the molecule is O=C(Cn1cnc2ccc(Br)cc2c1=O)c1cccc2ccccc12. The molecule has 25 heavy (non-hydrogen) atoms. The quantitative estimate of drug-likeness (QED) is 0.491. The molecule has 0 radical (unpaired) electrons. The van der Waals surface area contributed by atoms with Crippen LogP contribution in [0.3, 0.4) is 0 Å². The first kappa shape index (κ1) is 15.7. The van der Waals surface area contributed by atoms with E-state index in [-0.39, 0.29) is 17.9 Å². The van der Waals surface area contributed by atoms with Crippen LogP contribution in [0.1, 0.15) is 10.4 Å². The molecule has 1 heterocycles. The van der Waals surface area contributed by atoms with Gasteiger partial charge in [-0.25, -0.2) is 4.98 Å². The van der Waals surface area contributed by atoms with E-state index in [2.05, 4.69) is 20.9 Å². The highest BCUT2D eigenvalue weighted by atomic mass is 79.9. The van der Waals surface area contributed by atoms with Gasteiger partial charge in [0.1, 0.15) is 0 Å². The second-order valence-corrected chi connectivity index (χ2v) is 6.70. The first-order valence-corrected chi connectivity index (χ1v) is 8.58. The van der Waals surface area contributed by atoms with Crippen molar-refractivity contribution in [3.05, 3.63) is 87.4 Å². The Balaban J connectivity index is 1.77. The van der Waals surface area contributed by atoms with Gasteiger partial charge < -0.3 is 0 Å². The van der Waals surface area contributed by atoms with Gasteiger partial charge >= 0.3 is 0 Å². The molecule has 0 aliphatic heterocycles. The van der Waals surface area contributed by atoms with Gasteiger partial charge in [0.15, 0.2) is 5.78 Å². The van der Waals surface area contributed by atoms with Gasteiger partial charge in [-0.1, -0.05) is 58.4 Å². The molecule has 0 saturated heterocycles. The predicted molar refractivity (Wildman–Crippen MR) is 102 cm³/mol. The van der Waals surface area contributed by atoms with E-state index >= 15 is 0 Å². The third-order valence-corrected chi connectivity index (χ3v) is 4.68. The van der Waals surface area contributed by atoms with Crippen molar-refractivity contribution in [3.63, 3.8) is 0 Å². The van der Waals surface area contributed by atoms with E-state index in [9.17, 15) is 9.59 Å². The van der Waals surface area contributed by atoms with Crippen molar-refractivity contribution in [1.82, 2.24) is 9.55 Å². The summed E-state index contributed by atoms with van der Waals surface area (Å²) in [4.78, 5) is 29.7. The molecule has 0 fully saturated rings. The Labute approximate surface area is 151 Å². The van der Waals surface area contributed by atoms with Crippen molar-refractivity contribution in [2.24, 2.45) is 0 Å². The minimum absolute atomic E-state index is 0.0394. The number of hydrogen-bond donors (Lipinski definition) is 0. The van der Waals surface area contributed by atoms with Crippen LogP contribution in [0, 0.1) is 0 Å². The number of rotatable bonds is 3. The summed E-state index contributed by atoms with van der Waals surface area (Å²) in [6, 6.07) is 18.7. The lowest BCUT2D eigenvalue weighted by Gasteiger charge is -2.08. The van der Waals surface area contributed by atoms with Gasteiger partial charge in [0.05, 0.1) is 23.8 Å². The Kier molecular flexibility index (Phi) is 3.93. The Morgan fingerprint density at radius 1 is 1.00 bits per heavy atom. The summed E-state index contributed by atoms with van der Waals surface area (Å²) in [5.41, 5.74) is 1.00. The Hall–Kier alpha value is -2.79. The van der Waals surface area contributed by atoms with Crippen LogP contribution in [0.4, 0.5) is 0 Å². The number of carbonyl (C=O) groups excluding carboxylic acids is 1.